The topological polar surface area (TPSA) is 53.0 Å². The van der Waals surface area contributed by atoms with Gasteiger partial charge in [-0.15, -0.1) is 0 Å². The highest BCUT2D eigenvalue weighted by molar-refractivity contribution is 6.39. The summed E-state index contributed by atoms with van der Waals surface area (Å²) in [6, 6.07) is 0. The second-order valence-electron chi connectivity index (χ2n) is 4.20. The Labute approximate surface area is 102 Å². The predicted molar refractivity (Wildman–Crippen MR) is 66.6 cm³/mol. The van der Waals surface area contributed by atoms with E-state index in [1.165, 1.54) is 5.01 Å². The molecule has 17 heavy (non-hydrogen) atoms. The van der Waals surface area contributed by atoms with Gasteiger partial charge in [0.25, 0.3) is 5.91 Å². The number of amides is 2. The van der Waals surface area contributed by atoms with Gasteiger partial charge in [0.2, 0.25) is 5.91 Å². The largest absolute Gasteiger partial charge is 0.338 e. The summed E-state index contributed by atoms with van der Waals surface area (Å²) in [6.45, 7) is 5.52. The van der Waals surface area contributed by atoms with Crippen LogP contribution in [0.4, 0.5) is 0 Å². The van der Waals surface area contributed by atoms with Crippen LogP contribution < -0.4 is 0 Å². The Morgan fingerprint density at radius 3 is 2.65 bits per heavy atom. The monoisotopic (exact) mass is 239 g/mol. The van der Waals surface area contributed by atoms with E-state index in [2.05, 4.69) is 12.0 Å². The van der Waals surface area contributed by atoms with Crippen LogP contribution in [0.15, 0.2) is 5.10 Å². The summed E-state index contributed by atoms with van der Waals surface area (Å²) in [5.41, 5.74) is 0.505. The zero-order valence-corrected chi connectivity index (χ0v) is 10.9. The SMILES string of the molecule is CCCCN(CC)C(=O)C1=NN(C)C(=O)CC1. The first-order chi connectivity index (χ1) is 8.10. The van der Waals surface area contributed by atoms with Crippen LogP contribution in [0.2, 0.25) is 0 Å². The summed E-state index contributed by atoms with van der Waals surface area (Å²) >= 11 is 0. The average Bonchev–Trinajstić information content (AvgIpc) is 2.33. The lowest BCUT2D eigenvalue weighted by Crippen LogP contribution is -2.41. The number of nitrogens with zero attached hydrogens (tertiary/aromatic N) is 3. The molecule has 0 aromatic rings. The molecule has 0 fully saturated rings. The number of carbonyl (C=O) groups is 2. The molecule has 0 spiro atoms. The van der Waals surface area contributed by atoms with Crippen molar-refractivity contribution in [3.63, 3.8) is 0 Å². The molecule has 0 unspecified atom stereocenters. The van der Waals surface area contributed by atoms with Crippen molar-refractivity contribution in [2.24, 2.45) is 5.10 Å². The molecule has 0 radical (unpaired) electrons. The number of hydrogen-bond donors (Lipinski definition) is 0. The first-order valence-corrected chi connectivity index (χ1v) is 6.23. The lowest BCUT2D eigenvalue weighted by Gasteiger charge is -2.24. The molecule has 96 valence electrons. The van der Waals surface area contributed by atoms with Gasteiger partial charge in [-0.05, 0) is 13.3 Å². The summed E-state index contributed by atoms with van der Waals surface area (Å²) in [5, 5.41) is 5.32. The van der Waals surface area contributed by atoms with E-state index in [0.717, 1.165) is 19.4 Å². The number of unbranched alkanes of at least 4 members (excludes halogenated alkanes) is 1. The molecule has 0 N–H and O–H groups in total. The number of hydrazone groups is 1. The molecule has 0 atom stereocenters. The molecule has 5 nitrogen and oxygen atoms in total. The van der Waals surface area contributed by atoms with Crippen LogP contribution in [0.5, 0.6) is 0 Å². The molecule has 0 aromatic heterocycles. The van der Waals surface area contributed by atoms with Crippen molar-refractivity contribution in [1.82, 2.24) is 9.91 Å². The summed E-state index contributed by atoms with van der Waals surface area (Å²) in [6.07, 6.45) is 2.91. The van der Waals surface area contributed by atoms with Crippen LogP contribution in [0.25, 0.3) is 0 Å². The van der Waals surface area contributed by atoms with E-state index in [0.29, 0.717) is 25.1 Å². The van der Waals surface area contributed by atoms with Crippen molar-refractivity contribution in [3.05, 3.63) is 0 Å². The van der Waals surface area contributed by atoms with Crippen molar-refractivity contribution in [2.45, 2.75) is 39.5 Å². The van der Waals surface area contributed by atoms with Crippen molar-refractivity contribution >= 4 is 17.5 Å². The maximum atomic E-state index is 12.1. The fourth-order valence-electron chi connectivity index (χ4n) is 1.76. The molecule has 0 bridgehead atoms. The zero-order chi connectivity index (χ0) is 12.8. The molecule has 0 saturated heterocycles. The van der Waals surface area contributed by atoms with Crippen LogP contribution in [0.3, 0.4) is 0 Å². The van der Waals surface area contributed by atoms with Gasteiger partial charge in [-0.2, -0.15) is 5.10 Å². The first-order valence-electron chi connectivity index (χ1n) is 6.23. The number of carbonyl (C=O) groups excluding carboxylic acids is 2. The van der Waals surface area contributed by atoms with Gasteiger partial charge in [0, 0.05) is 33.0 Å². The minimum absolute atomic E-state index is 0.0275. The average molecular weight is 239 g/mol. The maximum Gasteiger partial charge on any atom is 0.270 e. The lowest BCUT2D eigenvalue weighted by atomic mass is 10.1. The highest BCUT2D eigenvalue weighted by Crippen LogP contribution is 2.09. The Morgan fingerprint density at radius 1 is 1.41 bits per heavy atom. The highest BCUT2D eigenvalue weighted by atomic mass is 16.2. The van der Waals surface area contributed by atoms with Crippen LogP contribution in [0.1, 0.15) is 39.5 Å². The Hall–Kier alpha value is -1.39. The van der Waals surface area contributed by atoms with Crippen LogP contribution in [0, 0.1) is 0 Å². The van der Waals surface area contributed by atoms with Gasteiger partial charge < -0.3 is 4.90 Å². The van der Waals surface area contributed by atoms with Gasteiger partial charge in [0.1, 0.15) is 5.71 Å². The fourth-order valence-corrected chi connectivity index (χ4v) is 1.76. The smallest absolute Gasteiger partial charge is 0.270 e. The molecule has 1 heterocycles. The molecule has 2 amide bonds. The standard InChI is InChI=1S/C12H21N3O2/c1-4-6-9-15(5-2)12(17)10-7-8-11(16)14(3)13-10/h4-9H2,1-3H3. The quantitative estimate of drug-likeness (QED) is 0.725. The van der Waals surface area contributed by atoms with Crippen molar-refractivity contribution < 1.29 is 9.59 Å². The van der Waals surface area contributed by atoms with Gasteiger partial charge >= 0.3 is 0 Å². The summed E-state index contributed by atoms with van der Waals surface area (Å²) in [4.78, 5) is 25.2. The van der Waals surface area contributed by atoms with E-state index in [1.807, 2.05) is 6.92 Å². The molecule has 0 aromatic carbocycles. The summed E-state index contributed by atoms with van der Waals surface area (Å²) in [7, 11) is 1.59. The van der Waals surface area contributed by atoms with E-state index in [9.17, 15) is 9.59 Å². The van der Waals surface area contributed by atoms with Crippen molar-refractivity contribution in [2.75, 3.05) is 20.1 Å². The second kappa shape index (κ2) is 6.37. The molecular weight excluding hydrogens is 218 g/mol. The Morgan fingerprint density at radius 2 is 2.12 bits per heavy atom. The van der Waals surface area contributed by atoms with Crippen LogP contribution in [-0.2, 0) is 9.59 Å². The zero-order valence-electron chi connectivity index (χ0n) is 10.9. The van der Waals surface area contributed by atoms with Gasteiger partial charge in [-0.1, -0.05) is 13.3 Å². The summed E-state index contributed by atoms with van der Waals surface area (Å²) in [5.74, 6) is -0.0570. The van der Waals surface area contributed by atoms with E-state index >= 15 is 0 Å². The minimum atomic E-state index is -0.0295. The van der Waals surface area contributed by atoms with Gasteiger partial charge in [-0.25, -0.2) is 5.01 Å². The fraction of sp³-hybridized carbons (Fsp3) is 0.750. The van der Waals surface area contributed by atoms with Crippen LogP contribution in [-0.4, -0.2) is 47.6 Å². The Bertz CT molecular complexity index is 326. The lowest BCUT2D eigenvalue weighted by molar-refractivity contribution is -0.130. The third kappa shape index (κ3) is 3.54. The van der Waals surface area contributed by atoms with E-state index < -0.39 is 0 Å². The van der Waals surface area contributed by atoms with E-state index in [-0.39, 0.29) is 11.8 Å². The maximum absolute atomic E-state index is 12.1. The predicted octanol–water partition coefficient (Wildman–Crippen LogP) is 1.24. The Kier molecular flexibility index (Phi) is 5.12. The van der Waals surface area contributed by atoms with Gasteiger partial charge in [0.15, 0.2) is 0 Å². The molecule has 1 rings (SSSR count). The van der Waals surface area contributed by atoms with Gasteiger partial charge in [-0.3, -0.25) is 9.59 Å². The summed E-state index contributed by atoms with van der Waals surface area (Å²) < 4.78 is 0. The highest BCUT2D eigenvalue weighted by Gasteiger charge is 2.24. The van der Waals surface area contributed by atoms with Crippen LogP contribution >= 0.6 is 0 Å². The molecule has 1 aliphatic rings. The van der Waals surface area contributed by atoms with E-state index in [4.69, 9.17) is 0 Å². The van der Waals surface area contributed by atoms with E-state index in [1.54, 1.807) is 11.9 Å². The first kappa shape index (κ1) is 13.7. The molecule has 1 aliphatic heterocycles. The molecule has 0 aliphatic carbocycles. The van der Waals surface area contributed by atoms with Crippen molar-refractivity contribution in [3.8, 4) is 0 Å². The molecule has 5 heteroatoms. The number of hydrogen-bond acceptors (Lipinski definition) is 3. The number of rotatable bonds is 5. The third-order valence-corrected chi connectivity index (χ3v) is 2.90. The molecule has 0 saturated carbocycles. The third-order valence-electron chi connectivity index (χ3n) is 2.90. The Balaban J connectivity index is 2.67. The van der Waals surface area contributed by atoms with Crippen molar-refractivity contribution in [1.29, 1.82) is 0 Å². The van der Waals surface area contributed by atoms with Gasteiger partial charge in [0.05, 0.1) is 0 Å². The molecular formula is C12H21N3O2. The second-order valence-corrected chi connectivity index (χ2v) is 4.20. The normalized spacial score (nSPS) is 15.8. The minimum Gasteiger partial charge on any atom is -0.338 e.